The van der Waals surface area contributed by atoms with Crippen LogP contribution in [0, 0.1) is 5.92 Å². The standard InChI is InChI=1S/C16H25NO/c1-13(2)4-3-9-17-10-7-14-5-6-16-15(12-14)8-11-18-16/h5-6,12-13,17H,3-4,7-11H2,1-2H3. The van der Waals surface area contributed by atoms with E-state index < -0.39 is 0 Å². The molecular formula is C16H25NO. The summed E-state index contributed by atoms with van der Waals surface area (Å²) in [6.07, 6.45) is 4.80. The summed E-state index contributed by atoms with van der Waals surface area (Å²) >= 11 is 0. The number of rotatable bonds is 7. The molecule has 0 bridgehead atoms. The summed E-state index contributed by atoms with van der Waals surface area (Å²) in [5, 5.41) is 3.53. The monoisotopic (exact) mass is 247 g/mol. The van der Waals surface area contributed by atoms with Crippen molar-refractivity contribution in [1.82, 2.24) is 5.32 Å². The Kier molecular flexibility index (Phi) is 5.06. The molecule has 0 aliphatic carbocycles. The van der Waals surface area contributed by atoms with E-state index in [4.69, 9.17) is 4.74 Å². The Labute approximate surface area is 111 Å². The highest BCUT2D eigenvalue weighted by atomic mass is 16.5. The van der Waals surface area contributed by atoms with Gasteiger partial charge in [0.2, 0.25) is 0 Å². The molecule has 0 aromatic heterocycles. The minimum Gasteiger partial charge on any atom is -0.493 e. The van der Waals surface area contributed by atoms with Gasteiger partial charge in [0.1, 0.15) is 5.75 Å². The van der Waals surface area contributed by atoms with Crippen LogP contribution in [-0.4, -0.2) is 19.7 Å². The van der Waals surface area contributed by atoms with Crippen molar-refractivity contribution in [1.29, 1.82) is 0 Å². The van der Waals surface area contributed by atoms with Crippen LogP contribution in [0.3, 0.4) is 0 Å². The Hall–Kier alpha value is -1.02. The maximum atomic E-state index is 5.52. The van der Waals surface area contributed by atoms with Gasteiger partial charge in [-0.25, -0.2) is 0 Å². The minimum absolute atomic E-state index is 0.823. The zero-order valence-electron chi connectivity index (χ0n) is 11.7. The van der Waals surface area contributed by atoms with E-state index in [1.54, 1.807) is 0 Å². The number of nitrogens with one attached hydrogen (secondary N) is 1. The van der Waals surface area contributed by atoms with Gasteiger partial charge >= 0.3 is 0 Å². The van der Waals surface area contributed by atoms with Crippen molar-refractivity contribution < 1.29 is 4.74 Å². The van der Waals surface area contributed by atoms with Crippen molar-refractivity contribution in [3.05, 3.63) is 29.3 Å². The van der Waals surface area contributed by atoms with Crippen LogP contribution >= 0.6 is 0 Å². The third-order valence-corrected chi connectivity index (χ3v) is 3.48. The molecule has 0 radical (unpaired) electrons. The molecular weight excluding hydrogens is 222 g/mol. The molecule has 0 amide bonds. The third-order valence-electron chi connectivity index (χ3n) is 3.48. The van der Waals surface area contributed by atoms with E-state index in [2.05, 4.69) is 37.4 Å². The molecule has 0 saturated carbocycles. The molecule has 2 rings (SSSR count). The topological polar surface area (TPSA) is 21.3 Å². The predicted octanol–water partition coefficient (Wildman–Crippen LogP) is 3.19. The van der Waals surface area contributed by atoms with Gasteiger partial charge in [-0.05, 0) is 55.5 Å². The average molecular weight is 247 g/mol. The van der Waals surface area contributed by atoms with E-state index in [0.717, 1.165) is 44.2 Å². The minimum atomic E-state index is 0.823. The molecule has 18 heavy (non-hydrogen) atoms. The summed E-state index contributed by atoms with van der Waals surface area (Å²) in [5.41, 5.74) is 2.81. The van der Waals surface area contributed by atoms with E-state index in [1.807, 2.05) is 0 Å². The van der Waals surface area contributed by atoms with Crippen LogP contribution in [0.5, 0.6) is 5.75 Å². The van der Waals surface area contributed by atoms with Crippen molar-refractivity contribution in [2.45, 2.75) is 39.5 Å². The van der Waals surface area contributed by atoms with Gasteiger partial charge in [0.15, 0.2) is 0 Å². The number of hydrogen-bond acceptors (Lipinski definition) is 2. The lowest BCUT2D eigenvalue weighted by Gasteiger charge is -2.07. The van der Waals surface area contributed by atoms with Crippen molar-refractivity contribution in [3.8, 4) is 5.75 Å². The Morgan fingerprint density at radius 1 is 1.28 bits per heavy atom. The van der Waals surface area contributed by atoms with Gasteiger partial charge in [-0.3, -0.25) is 0 Å². The van der Waals surface area contributed by atoms with Gasteiger partial charge in [0, 0.05) is 6.42 Å². The van der Waals surface area contributed by atoms with Crippen molar-refractivity contribution in [3.63, 3.8) is 0 Å². The SMILES string of the molecule is CC(C)CCCNCCc1ccc2c(c1)CCO2. The molecule has 0 fully saturated rings. The highest BCUT2D eigenvalue weighted by molar-refractivity contribution is 5.39. The van der Waals surface area contributed by atoms with Gasteiger partial charge in [-0.15, -0.1) is 0 Å². The molecule has 1 N–H and O–H groups in total. The average Bonchev–Trinajstić information content (AvgIpc) is 2.80. The van der Waals surface area contributed by atoms with Gasteiger partial charge in [0.25, 0.3) is 0 Å². The maximum Gasteiger partial charge on any atom is 0.122 e. The molecule has 2 heteroatoms. The first-order valence-corrected chi connectivity index (χ1v) is 7.21. The van der Waals surface area contributed by atoms with Crippen LogP contribution in [0.15, 0.2) is 18.2 Å². The molecule has 0 unspecified atom stereocenters. The predicted molar refractivity (Wildman–Crippen MR) is 76.3 cm³/mol. The smallest absolute Gasteiger partial charge is 0.122 e. The van der Waals surface area contributed by atoms with Crippen LogP contribution in [-0.2, 0) is 12.8 Å². The molecule has 100 valence electrons. The van der Waals surface area contributed by atoms with E-state index in [1.165, 1.54) is 24.0 Å². The Morgan fingerprint density at radius 2 is 2.17 bits per heavy atom. The fraction of sp³-hybridized carbons (Fsp3) is 0.625. The van der Waals surface area contributed by atoms with Crippen molar-refractivity contribution in [2.75, 3.05) is 19.7 Å². The highest BCUT2D eigenvalue weighted by Gasteiger charge is 2.11. The first-order chi connectivity index (χ1) is 8.75. The molecule has 1 aromatic carbocycles. The second-order valence-electron chi connectivity index (χ2n) is 5.58. The van der Waals surface area contributed by atoms with Crippen LogP contribution in [0.4, 0.5) is 0 Å². The Bertz CT molecular complexity index is 373. The van der Waals surface area contributed by atoms with Gasteiger partial charge in [0.05, 0.1) is 6.61 Å². The molecule has 0 spiro atoms. The molecule has 2 nitrogen and oxygen atoms in total. The lowest BCUT2D eigenvalue weighted by Crippen LogP contribution is -2.18. The summed E-state index contributed by atoms with van der Waals surface area (Å²) in [7, 11) is 0. The maximum absolute atomic E-state index is 5.52. The first-order valence-electron chi connectivity index (χ1n) is 7.21. The van der Waals surface area contributed by atoms with Crippen molar-refractivity contribution in [2.24, 2.45) is 5.92 Å². The summed E-state index contributed by atoms with van der Waals surface area (Å²) in [5.74, 6) is 1.91. The van der Waals surface area contributed by atoms with Crippen molar-refractivity contribution >= 4 is 0 Å². The fourth-order valence-electron chi connectivity index (χ4n) is 2.39. The van der Waals surface area contributed by atoms with E-state index in [-0.39, 0.29) is 0 Å². The summed E-state index contributed by atoms with van der Waals surface area (Å²) < 4.78 is 5.52. The van der Waals surface area contributed by atoms with Crippen LogP contribution < -0.4 is 10.1 Å². The zero-order chi connectivity index (χ0) is 12.8. The third kappa shape index (κ3) is 4.02. The number of fused-ring (bicyclic) bond motifs is 1. The van der Waals surface area contributed by atoms with E-state index in [9.17, 15) is 0 Å². The molecule has 1 heterocycles. The second-order valence-corrected chi connectivity index (χ2v) is 5.58. The second kappa shape index (κ2) is 6.79. The number of benzene rings is 1. The van der Waals surface area contributed by atoms with E-state index in [0.29, 0.717) is 0 Å². The molecule has 0 saturated heterocycles. The molecule has 1 aliphatic rings. The van der Waals surface area contributed by atoms with Crippen LogP contribution in [0.1, 0.15) is 37.8 Å². The normalized spacial score (nSPS) is 13.7. The van der Waals surface area contributed by atoms with E-state index >= 15 is 0 Å². The molecule has 1 aromatic rings. The summed E-state index contributed by atoms with van der Waals surface area (Å²) in [6.45, 7) is 7.65. The zero-order valence-corrected chi connectivity index (χ0v) is 11.7. The Balaban J connectivity index is 1.65. The van der Waals surface area contributed by atoms with Crippen LogP contribution in [0.2, 0.25) is 0 Å². The lowest BCUT2D eigenvalue weighted by molar-refractivity contribution is 0.357. The summed E-state index contributed by atoms with van der Waals surface area (Å²) in [4.78, 5) is 0. The molecule has 0 atom stereocenters. The fourth-order valence-corrected chi connectivity index (χ4v) is 2.39. The quantitative estimate of drug-likeness (QED) is 0.747. The van der Waals surface area contributed by atoms with Crippen LogP contribution in [0.25, 0.3) is 0 Å². The first kappa shape index (κ1) is 13.4. The lowest BCUT2D eigenvalue weighted by atomic mass is 10.1. The Morgan fingerprint density at radius 3 is 3.00 bits per heavy atom. The molecule has 1 aliphatic heterocycles. The number of ether oxygens (including phenoxy) is 1. The van der Waals surface area contributed by atoms with Gasteiger partial charge in [-0.1, -0.05) is 26.0 Å². The largest absolute Gasteiger partial charge is 0.493 e. The van der Waals surface area contributed by atoms with Gasteiger partial charge < -0.3 is 10.1 Å². The number of hydrogen-bond donors (Lipinski definition) is 1. The van der Waals surface area contributed by atoms with Gasteiger partial charge in [-0.2, -0.15) is 0 Å². The highest BCUT2D eigenvalue weighted by Crippen LogP contribution is 2.25. The summed E-state index contributed by atoms with van der Waals surface area (Å²) in [6, 6.07) is 6.62.